The molecular weight excluding hydrogens is 415 g/mol. The van der Waals surface area contributed by atoms with Gasteiger partial charge in [-0.05, 0) is 52.4 Å². The van der Waals surface area contributed by atoms with Gasteiger partial charge in [0.05, 0.1) is 19.3 Å². The molecule has 2 aromatic carbocycles. The molecule has 1 atom stereocenters. The summed E-state index contributed by atoms with van der Waals surface area (Å²) in [4.78, 5) is 14.8. The van der Waals surface area contributed by atoms with Crippen LogP contribution in [0.4, 0.5) is 0 Å². The molecular formula is C19H21IN2O2. The van der Waals surface area contributed by atoms with Gasteiger partial charge in [0.15, 0.2) is 0 Å². The van der Waals surface area contributed by atoms with Gasteiger partial charge >= 0.3 is 0 Å². The standard InChI is InChI=1S/C19H21IN2O2/c20-17-8-6-16(7-9-17)19(23)21-14-18(15-4-2-1-3-5-15)22-10-12-24-13-11-22/h1-9,18H,10-14H2,(H,21,23). The zero-order valence-corrected chi connectivity index (χ0v) is 15.6. The maximum Gasteiger partial charge on any atom is 0.251 e. The molecule has 1 aliphatic heterocycles. The fourth-order valence-electron chi connectivity index (χ4n) is 2.91. The number of carbonyl (C=O) groups is 1. The average Bonchev–Trinajstić information content (AvgIpc) is 2.64. The van der Waals surface area contributed by atoms with E-state index in [4.69, 9.17) is 4.74 Å². The summed E-state index contributed by atoms with van der Waals surface area (Å²) in [5.41, 5.74) is 1.92. The first kappa shape index (κ1) is 17.4. The van der Waals surface area contributed by atoms with Gasteiger partial charge in [-0.1, -0.05) is 30.3 Å². The number of morpholine rings is 1. The minimum Gasteiger partial charge on any atom is -0.379 e. The molecule has 126 valence electrons. The van der Waals surface area contributed by atoms with Crippen molar-refractivity contribution in [3.8, 4) is 0 Å². The lowest BCUT2D eigenvalue weighted by atomic mass is 10.0. The third kappa shape index (κ3) is 4.55. The number of rotatable bonds is 5. The van der Waals surface area contributed by atoms with Crippen molar-refractivity contribution in [2.45, 2.75) is 6.04 Å². The van der Waals surface area contributed by atoms with E-state index in [1.165, 1.54) is 5.56 Å². The van der Waals surface area contributed by atoms with Crippen molar-refractivity contribution in [3.63, 3.8) is 0 Å². The molecule has 1 aliphatic rings. The summed E-state index contributed by atoms with van der Waals surface area (Å²) in [6.45, 7) is 3.86. The fourth-order valence-corrected chi connectivity index (χ4v) is 3.27. The van der Waals surface area contributed by atoms with Gasteiger partial charge in [-0.25, -0.2) is 0 Å². The molecule has 0 radical (unpaired) electrons. The molecule has 2 aromatic rings. The molecule has 1 fully saturated rings. The summed E-state index contributed by atoms with van der Waals surface area (Å²) in [5.74, 6) is -0.0272. The summed E-state index contributed by atoms with van der Waals surface area (Å²) in [6, 6.07) is 18.2. The second-order valence-corrected chi connectivity index (χ2v) is 7.04. The molecule has 0 spiro atoms. The first-order valence-corrected chi connectivity index (χ1v) is 9.22. The number of nitrogens with zero attached hydrogens (tertiary/aromatic N) is 1. The second kappa shape index (κ2) is 8.60. The number of benzene rings is 2. The van der Waals surface area contributed by atoms with Gasteiger partial charge in [0.1, 0.15) is 0 Å². The Hall–Kier alpha value is -1.44. The van der Waals surface area contributed by atoms with Crippen LogP contribution in [-0.4, -0.2) is 43.7 Å². The van der Waals surface area contributed by atoms with Crippen molar-refractivity contribution in [1.82, 2.24) is 10.2 Å². The Morgan fingerprint density at radius 3 is 2.42 bits per heavy atom. The first-order chi connectivity index (χ1) is 11.7. The largest absolute Gasteiger partial charge is 0.379 e. The number of nitrogens with one attached hydrogen (secondary N) is 1. The van der Waals surface area contributed by atoms with Crippen molar-refractivity contribution < 1.29 is 9.53 Å². The topological polar surface area (TPSA) is 41.6 Å². The van der Waals surface area contributed by atoms with E-state index in [0.717, 1.165) is 29.9 Å². The highest BCUT2D eigenvalue weighted by atomic mass is 127. The molecule has 1 amide bonds. The van der Waals surface area contributed by atoms with E-state index in [1.807, 2.05) is 42.5 Å². The van der Waals surface area contributed by atoms with Gasteiger partial charge in [-0.2, -0.15) is 0 Å². The first-order valence-electron chi connectivity index (χ1n) is 8.14. The predicted molar refractivity (Wildman–Crippen MR) is 103 cm³/mol. The van der Waals surface area contributed by atoms with Crippen molar-refractivity contribution >= 4 is 28.5 Å². The quantitative estimate of drug-likeness (QED) is 0.733. The lowest BCUT2D eigenvalue weighted by Gasteiger charge is -2.35. The van der Waals surface area contributed by atoms with Crippen LogP contribution in [0.5, 0.6) is 0 Å². The number of halogens is 1. The molecule has 0 saturated carbocycles. The Morgan fingerprint density at radius 1 is 1.08 bits per heavy atom. The maximum absolute atomic E-state index is 12.4. The number of ether oxygens (including phenoxy) is 1. The van der Waals surface area contributed by atoms with E-state index in [2.05, 4.69) is 44.9 Å². The van der Waals surface area contributed by atoms with Crippen LogP contribution in [-0.2, 0) is 4.74 Å². The summed E-state index contributed by atoms with van der Waals surface area (Å²) < 4.78 is 6.59. The summed E-state index contributed by atoms with van der Waals surface area (Å²) in [7, 11) is 0. The van der Waals surface area contributed by atoms with Crippen molar-refractivity contribution in [2.75, 3.05) is 32.8 Å². The van der Waals surface area contributed by atoms with Crippen LogP contribution >= 0.6 is 22.6 Å². The SMILES string of the molecule is O=C(NCC(c1ccccc1)N1CCOCC1)c1ccc(I)cc1. The highest BCUT2D eigenvalue weighted by Gasteiger charge is 2.23. The molecule has 24 heavy (non-hydrogen) atoms. The van der Waals surface area contributed by atoms with Crippen LogP contribution in [0.1, 0.15) is 22.0 Å². The van der Waals surface area contributed by atoms with Crippen LogP contribution < -0.4 is 5.32 Å². The molecule has 0 aliphatic carbocycles. The number of carbonyl (C=O) groups excluding carboxylic acids is 1. The zero-order valence-electron chi connectivity index (χ0n) is 13.5. The predicted octanol–water partition coefficient (Wildman–Crippen LogP) is 3.09. The Kier molecular flexibility index (Phi) is 6.23. The van der Waals surface area contributed by atoms with E-state index >= 15 is 0 Å². The molecule has 1 unspecified atom stereocenters. The van der Waals surface area contributed by atoms with Crippen molar-refractivity contribution in [3.05, 3.63) is 69.3 Å². The van der Waals surface area contributed by atoms with Crippen LogP contribution in [0.15, 0.2) is 54.6 Å². The van der Waals surface area contributed by atoms with Crippen LogP contribution in [0, 0.1) is 3.57 Å². The number of amides is 1. The monoisotopic (exact) mass is 436 g/mol. The Labute approximate surface area is 156 Å². The maximum atomic E-state index is 12.4. The van der Waals surface area contributed by atoms with Gasteiger partial charge in [0.2, 0.25) is 0 Å². The van der Waals surface area contributed by atoms with E-state index in [1.54, 1.807) is 0 Å². The fraction of sp³-hybridized carbons (Fsp3) is 0.316. The van der Waals surface area contributed by atoms with Crippen LogP contribution in [0.25, 0.3) is 0 Å². The molecule has 1 heterocycles. The van der Waals surface area contributed by atoms with Crippen molar-refractivity contribution in [2.24, 2.45) is 0 Å². The minimum absolute atomic E-state index is 0.0272. The Balaban J connectivity index is 1.69. The Bertz CT molecular complexity index is 655. The highest BCUT2D eigenvalue weighted by Crippen LogP contribution is 2.21. The zero-order chi connectivity index (χ0) is 16.8. The van der Waals surface area contributed by atoms with E-state index in [0.29, 0.717) is 12.1 Å². The van der Waals surface area contributed by atoms with Gasteiger partial charge in [0.25, 0.3) is 5.91 Å². The third-order valence-electron chi connectivity index (χ3n) is 4.23. The molecule has 1 saturated heterocycles. The van der Waals surface area contributed by atoms with Gasteiger partial charge in [-0.15, -0.1) is 0 Å². The average molecular weight is 436 g/mol. The second-order valence-electron chi connectivity index (χ2n) is 5.79. The molecule has 0 aromatic heterocycles. The molecule has 5 heteroatoms. The number of hydrogen-bond acceptors (Lipinski definition) is 3. The summed E-state index contributed by atoms with van der Waals surface area (Å²) >= 11 is 2.24. The van der Waals surface area contributed by atoms with E-state index in [9.17, 15) is 4.79 Å². The number of hydrogen-bond donors (Lipinski definition) is 1. The van der Waals surface area contributed by atoms with Gasteiger partial charge < -0.3 is 10.1 Å². The summed E-state index contributed by atoms with van der Waals surface area (Å²) in [6.07, 6.45) is 0. The van der Waals surface area contributed by atoms with E-state index < -0.39 is 0 Å². The molecule has 3 rings (SSSR count). The summed E-state index contributed by atoms with van der Waals surface area (Å²) in [5, 5.41) is 3.09. The normalized spacial score (nSPS) is 16.5. The van der Waals surface area contributed by atoms with Crippen LogP contribution in [0.3, 0.4) is 0 Å². The van der Waals surface area contributed by atoms with Crippen LogP contribution in [0.2, 0.25) is 0 Å². The molecule has 0 bridgehead atoms. The molecule has 1 N–H and O–H groups in total. The van der Waals surface area contributed by atoms with Crippen molar-refractivity contribution in [1.29, 1.82) is 0 Å². The lowest BCUT2D eigenvalue weighted by molar-refractivity contribution is 0.0162. The van der Waals surface area contributed by atoms with E-state index in [-0.39, 0.29) is 11.9 Å². The molecule has 4 nitrogen and oxygen atoms in total. The smallest absolute Gasteiger partial charge is 0.251 e. The Morgan fingerprint density at radius 2 is 1.75 bits per heavy atom. The van der Waals surface area contributed by atoms with Gasteiger partial charge in [-0.3, -0.25) is 9.69 Å². The lowest BCUT2D eigenvalue weighted by Crippen LogP contribution is -2.43. The third-order valence-corrected chi connectivity index (χ3v) is 4.95. The highest BCUT2D eigenvalue weighted by molar-refractivity contribution is 14.1. The minimum atomic E-state index is -0.0272. The van der Waals surface area contributed by atoms with Gasteiger partial charge in [0, 0.05) is 28.8 Å².